The third kappa shape index (κ3) is 1.06. The summed E-state index contributed by atoms with van der Waals surface area (Å²) in [5, 5.41) is 0. The first kappa shape index (κ1) is 7.14. The number of fused-ring (bicyclic) bond motifs is 1. The standard InChI is InChI=1S/C13H12/c1-2-5-11-9-13-7-3-6-12(13)8-10(11)4-1/h1-6,9-10H,7-8H2. The Kier molecular flexibility index (Phi) is 1.42. The van der Waals surface area contributed by atoms with Crippen molar-refractivity contribution in [3.63, 3.8) is 0 Å². The first-order valence-corrected chi connectivity index (χ1v) is 4.88. The predicted octanol–water partition coefficient (Wildman–Crippen LogP) is 3.32. The van der Waals surface area contributed by atoms with E-state index in [1.165, 1.54) is 17.6 Å². The van der Waals surface area contributed by atoms with E-state index in [4.69, 9.17) is 0 Å². The van der Waals surface area contributed by atoms with Crippen LogP contribution in [0.5, 0.6) is 0 Å². The minimum absolute atomic E-state index is 0.645. The fourth-order valence-electron chi connectivity index (χ4n) is 2.30. The zero-order chi connectivity index (χ0) is 8.67. The molecular weight excluding hydrogens is 156 g/mol. The summed E-state index contributed by atoms with van der Waals surface area (Å²) in [5.74, 6) is 0.645. The van der Waals surface area contributed by atoms with E-state index in [1.807, 2.05) is 0 Å². The van der Waals surface area contributed by atoms with Gasteiger partial charge in [0.05, 0.1) is 0 Å². The molecule has 0 amide bonds. The summed E-state index contributed by atoms with van der Waals surface area (Å²) in [4.78, 5) is 0. The van der Waals surface area contributed by atoms with Gasteiger partial charge in [0.2, 0.25) is 0 Å². The molecule has 0 nitrogen and oxygen atoms in total. The Labute approximate surface area is 78.7 Å². The van der Waals surface area contributed by atoms with Crippen LogP contribution in [0.25, 0.3) is 0 Å². The van der Waals surface area contributed by atoms with E-state index >= 15 is 0 Å². The predicted molar refractivity (Wildman–Crippen MR) is 55.3 cm³/mol. The highest BCUT2D eigenvalue weighted by Crippen LogP contribution is 2.37. The summed E-state index contributed by atoms with van der Waals surface area (Å²) in [6, 6.07) is 0. The van der Waals surface area contributed by atoms with Gasteiger partial charge in [-0.25, -0.2) is 0 Å². The van der Waals surface area contributed by atoms with Gasteiger partial charge in [0.1, 0.15) is 0 Å². The summed E-state index contributed by atoms with van der Waals surface area (Å²) in [5.41, 5.74) is 4.57. The van der Waals surface area contributed by atoms with Crippen molar-refractivity contribution in [3.8, 4) is 0 Å². The van der Waals surface area contributed by atoms with E-state index in [9.17, 15) is 0 Å². The van der Waals surface area contributed by atoms with Gasteiger partial charge in [0.25, 0.3) is 0 Å². The van der Waals surface area contributed by atoms with Gasteiger partial charge in [0.15, 0.2) is 0 Å². The highest BCUT2D eigenvalue weighted by molar-refractivity contribution is 5.50. The van der Waals surface area contributed by atoms with Gasteiger partial charge in [0, 0.05) is 5.92 Å². The van der Waals surface area contributed by atoms with Crippen molar-refractivity contribution in [2.24, 2.45) is 5.92 Å². The fourth-order valence-corrected chi connectivity index (χ4v) is 2.30. The topological polar surface area (TPSA) is 0 Å². The van der Waals surface area contributed by atoms with Crippen molar-refractivity contribution < 1.29 is 0 Å². The molecule has 0 radical (unpaired) electrons. The van der Waals surface area contributed by atoms with Gasteiger partial charge in [-0.05, 0) is 29.6 Å². The Balaban J connectivity index is 2.04. The first-order chi connectivity index (χ1) is 6.43. The first-order valence-electron chi connectivity index (χ1n) is 4.88. The molecule has 0 saturated carbocycles. The lowest BCUT2D eigenvalue weighted by atomic mass is 9.82. The monoisotopic (exact) mass is 168 g/mol. The molecule has 0 saturated heterocycles. The Morgan fingerprint density at radius 1 is 1.08 bits per heavy atom. The zero-order valence-electron chi connectivity index (χ0n) is 7.53. The Morgan fingerprint density at radius 2 is 2.08 bits per heavy atom. The van der Waals surface area contributed by atoms with Crippen LogP contribution < -0.4 is 0 Å². The van der Waals surface area contributed by atoms with Gasteiger partial charge in [-0.2, -0.15) is 0 Å². The second-order valence-electron chi connectivity index (χ2n) is 3.86. The van der Waals surface area contributed by atoms with E-state index < -0.39 is 0 Å². The molecule has 1 atom stereocenters. The van der Waals surface area contributed by atoms with E-state index in [0.717, 1.165) is 6.42 Å². The summed E-state index contributed by atoms with van der Waals surface area (Å²) in [7, 11) is 0. The number of hydrogen-bond donors (Lipinski definition) is 0. The quantitative estimate of drug-likeness (QED) is 0.520. The van der Waals surface area contributed by atoms with Crippen LogP contribution in [0.3, 0.4) is 0 Å². The smallest absolute Gasteiger partial charge is 0.00617 e. The third-order valence-corrected chi connectivity index (χ3v) is 3.02. The molecule has 0 heteroatoms. The van der Waals surface area contributed by atoms with E-state index in [1.54, 1.807) is 5.57 Å². The molecule has 0 aromatic heterocycles. The van der Waals surface area contributed by atoms with Crippen LogP contribution >= 0.6 is 0 Å². The molecular formula is C13H12. The maximum absolute atomic E-state index is 2.36. The lowest BCUT2D eigenvalue weighted by molar-refractivity contribution is 0.751. The van der Waals surface area contributed by atoms with E-state index in [0.29, 0.717) is 5.92 Å². The molecule has 0 spiro atoms. The second kappa shape index (κ2) is 2.59. The van der Waals surface area contributed by atoms with Crippen molar-refractivity contribution in [2.75, 3.05) is 0 Å². The van der Waals surface area contributed by atoms with Crippen molar-refractivity contribution in [1.29, 1.82) is 0 Å². The largest absolute Gasteiger partial charge is 0.0798 e. The lowest BCUT2D eigenvalue weighted by Gasteiger charge is -2.22. The van der Waals surface area contributed by atoms with Crippen LogP contribution in [-0.4, -0.2) is 0 Å². The minimum Gasteiger partial charge on any atom is -0.0798 e. The average molecular weight is 168 g/mol. The molecule has 3 aliphatic rings. The van der Waals surface area contributed by atoms with Crippen molar-refractivity contribution >= 4 is 0 Å². The van der Waals surface area contributed by atoms with Gasteiger partial charge < -0.3 is 0 Å². The molecule has 13 heavy (non-hydrogen) atoms. The maximum atomic E-state index is 2.36. The van der Waals surface area contributed by atoms with Crippen LogP contribution in [0.15, 0.2) is 59.3 Å². The summed E-state index contributed by atoms with van der Waals surface area (Å²) >= 11 is 0. The zero-order valence-corrected chi connectivity index (χ0v) is 7.53. The molecule has 0 bridgehead atoms. The second-order valence-corrected chi connectivity index (χ2v) is 3.86. The molecule has 64 valence electrons. The van der Waals surface area contributed by atoms with Crippen molar-refractivity contribution in [3.05, 3.63) is 59.3 Å². The summed E-state index contributed by atoms with van der Waals surface area (Å²) < 4.78 is 0. The van der Waals surface area contributed by atoms with Crippen LogP contribution in [0.2, 0.25) is 0 Å². The average Bonchev–Trinajstić information content (AvgIpc) is 2.61. The highest BCUT2D eigenvalue weighted by atomic mass is 14.3. The lowest BCUT2D eigenvalue weighted by Crippen LogP contribution is -2.07. The van der Waals surface area contributed by atoms with Crippen LogP contribution in [0.1, 0.15) is 12.8 Å². The molecule has 0 fully saturated rings. The molecule has 1 unspecified atom stereocenters. The SMILES string of the molecule is C1=CC2=CC3=C(C=CC3)CC2C=C1. The van der Waals surface area contributed by atoms with Crippen LogP contribution in [-0.2, 0) is 0 Å². The molecule has 3 aliphatic carbocycles. The van der Waals surface area contributed by atoms with Crippen molar-refractivity contribution in [2.45, 2.75) is 12.8 Å². The van der Waals surface area contributed by atoms with E-state index in [-0.39, 0.29) is 0 Å². The third-order valence-electron chi connectivity index (χ3n) is 3.02. The van der Waals surface area contributed by atoms with Gasteiger partial charge in [-0.15, -0.1) is 0 Å². The number of allylic oxidation sites excluding steroid dienone is 10. The van der Waals surface area contributed by atoms with Crippen LogP contribution in [0.4, 0.5) is 0 Å². The number of hydrogen-bond acceptors (Lipinski definition) is 0. The molecule has 3 rings (SSSR count). The Morgan fingerprint density at radius 3 is 3.08 bits per heavy atom. The highest BCUT2D eigenvalue weighted by Gasteiger charge is 2.20. The molecule has 0 aromatic carbocycles. The van der Waals surface area contributed by atoms with Gasteiger partial charge >= 0.3 is 0 Å². The van der Waals surface area contributed by atoms with Crippen molar-refractivity contribution in [1.82, 2.24) is 0 Å². The molecule has 0 aliphatic heterocycles. The fraction of sp³-hybridized carbons (Fsp3) is 0.231. The Hall–Kier alpha value is -1.30. The number of rotatable bonds is 0. The van der Waals surface area contributed by atoms with Gasteiger partial charge in [-0.1, -0.05) is 42.5 Å². The van der Waals surface area contributed by atoms with E-state index in [2.05, 4.69) is 42.5 Å². The summed E-state index contributed by atoms with van der Waals surface area (Å²) in [6.45, 7) is 0. The molecule has 0 heterocycles. The molecule has 0 N–H and O–H groups in total. The summed E-state index contributed by atoms with van der Waals surface area (Å²) in [6.07, 6.45) is 18.1. The van der Waals surface area contributed by atoms with Crippen LogP contribution in [0, 0.1) is 5.92 Å². The maximum Gasteiger partial charge on any atom is 0.00617 e. The minimum atomic E-state index is 0.645. The Bertz CT molecular complexity index is 386. The normalized spacial score (nSPS) is 28.9. The van der Waals surface area contributed by atoms with Gasteiger partial charge in [-0.3, -0.25) is 0 Å². The molecule has 0 aromatic rings.